The van der Waals surface area contributed by atoms with Crippen molar-refractivity contribution < 1.29 is 33.0 Å². The number of aromatic nitrogens is 3. The molecule has 1 N–H and O–H groups in total. The number of halogens is 2. The molecule has 0 bridgehead atoms. The van der Waals surface area contributed by atoms with E-state index in [0.29, 0.717) is 75.3 Å². The molecule has 1 atom stereocenters. The van der Waals surface area contributed by atoms with Gasteiger partial charge < -0.3 is 29.3 Å². The molecule has 3 aliphatic rings. The van der Waals surface area contributed by atoms with Crippen LogP contribution < -0.4 is 9.47 Å². The molecule has 54 heavy (non-hydrogen) atoms. The monoisotopic (exact) mass is 768 g/mol. The third kappa shape index (κ3) is 10.4. The largest absolute Gasteiger partial charge is 0.490 e. The van der Waals surface area contributed by atoms with Gasteiger partial charge in [0.15, 0.2) is 11.5 Å². The second kappa shape index (κ2) is 18.6. The number of ether oxygens (including phenoxy) is 2. The standard InChI is InChI=1S/C38H50F2N8O5S/c1-3-52-34-22-29(6-9-33(34)53-21-5-11-45-15-13-43(2)14-16-45)23-35-36(49)48(37(50)54-35)12-4-10-44-17-19-46(20-18-44)25-38(51,26-47-28-41-27-42-47)31-8-7-30(39)24-32(31)40/h6-9,22-24,27-28,51H,3-5,10-21,25-26H2,1-2H3/b35-23-. The molecule has 2 aromatic carbocycles. The normalized spacial score (nSPS) is 19.9. The topological polar surface area (TPSA) is 120 Å². The van der Waals surface area contributed by atoms with Crippen LogP contribution >= 0.6 is 11.8 Å². The molecule has 1 unspecified atom stereocenters. The lowest BCUT2D eigenvalue weighted by atomic mass is 9.92. The molecule has 3 saturated heterocycles. The number of β-amino-alcohol motifs (C(OH)–C–C–N with tert-alkyl or cyclic N) is 1. The first kappa shape index (κ1) is 39.8. The summed E-state index contributed by atoms with van der Waals surface area (Å²) in [5.41, 5.74) is -0.920. The van der Waals surface area contributed by atoms with Crippen LogP contribution in [0.1, 0.15) is 30.9 Å². The number of carbonyl (C=O) groups is 2. The molecule has 4 heterocycles. The molecular weight excluding hydrogens is 719 g/mol. The van der Waals surface area contributed by atoms with E-state index in [0.717, 1.165) is 68.6 Å². The van der Waals surface area contributed by atoms with Crippen LogP contribution in [-0.2, 0) is 16.9 Å². The predicted octanol–water partition coefficient (Wildman–Crippen LogP) is 3.60. The summed E-state index contributed by atoms with van der Waals surface area (Å²) in [6.45, 7) is 11.9. The fraction of sp³-hybridized carbons (Fsp3) is 0.526. The Morgan fingerprint density at radius 2 is 1.59 bits per heavy atom. The van der Waals surface area contributed by atoms with Crippen LogP contribution in [0.25, 0.3) is 6.08 Å². The molecule has 0 aliphatic carbocycles. The van der Waals surface area contributed by atoms with E-state index in [2.05, 4.69) is 31.8 Å². The number of benzene rings is 2. The van der Waals surface area contributed by atoms with E-state index in [1.807, 2.05) is 30.0 Å². The van der Waals surface area contributed by atoms with Crippen molar-refractivity contribution in [3.63, 3.8) is 0 Å². The van der Waals surface area contributed by atoms with Crippen molar-refractivity contribution in [2.75, 3.05) is 98.8 Å². The number of rotatable bonds is 17. The maximum Gasteiger partial charge on any atom is 0.293 e. The van der Waals surface area contributed by atoms with E-state index in [9.17, 15) is 23.5 Å². The Labute approximate surface area is 319 Å². The van der Waals surface area contributed by atoms with Gasteiger partial charge in [0.1, 0.15) is 29.9 Å². The van der Waals surface area contributed by atoms with Crippen LogP contribution in [0.5, 0.6) is 11.5 Å². The summed E-state index contributed by atoms with van der Waals surface area (Å²) in [6, 6.07) is 8.76. The molecule has 292 valence electrons. The van der Waals surface area contributed by atoms with E-state index in [-0.39, 0.29) is 29.8 Å². The molecule has 16 heteroatoms. The Morgan fingerprint density at radius 3 is 2.30 bits per heavy atom. The van der Waals surface area contributed by atoms with E-state index in [4.69, 9.17) is 9.47 Å². The van der Waals surface area contributed by atoms with Crippen LogP contribution in [0.2, 0.25) is 0 Å². The number of hydrogen-bond acceptors (Lipinski definition) is 12. The number of piperazine rings is 2. The number of amides is 2. The predicted molar refractivity (Wildman–Crippen MR) is 202 cm³/mol. The van der Waals surface area contributed by atoms with Crippen molar-refractivity contribution in [3.05, 3.63) is 76.7 Å². The molecule has 13 nitrogen and oxygen atoms in total. The minimum atomic E-state index is -1.67. The number of aliphatic hydroxyl groups is 1. The number of nitrogens with zero attached hydrogens (tertiary/aromatic N) is 8. The Hall–Kier alpha value is -3.93. The quantitative estimate of drug-likeness (QED) is 0.160. The second-order valence-electron chi connectivity index (χ2n) is 14.0. The summed E-state index contributed by atoms with van der Waals surface area (Å²) in [7, 11) is 2.15. The number of carbonyl (C=O) groups excluding carboxylic acids is 2. The number of likely N-dealkylation sites (N-methyl/N-ethyl adjacent to an activating group) is 1. The molecule has 1 aromatic heterocycles. The first-order chi connectivity index (χ1) is 26.1. The summed E-state index contributed by atoms with van der Waals surface area (Å²) in [5, 5.41) is 15.5. The van der Waals surface area contributed by atoms with E-state index >= 15 is 0 Å². The highest BCUT2D eigenvalue weighted by molar-refractivity contribution is 8.18. The lowest BCUT2D eigenvalue weighted by Crippen LogP contribution is -2.52. The van der Waals surface area contributed by atoms with Gasteiger partial charge in [0, 0.05) is 83.6 Å². The molecule has 6 rings (SSSR count). The average molecular weight is 769 g/mol. The third-order valence-electron chi connectivity index (χ3n) is 10.0. The zero-order valence-electron chi connectivity index (χ0n) is 31.0. The van der Waals surface area contributed by atoms with Crippen LogP contribution in [0.3, 0.4) is 0 Å². The molecular formula is C38H50F2N8O5S. The highest BCUT2D eigenvalue weighted by Gasteiger charge is 2.37. The average Bonchev–Trinajstić information content (AvgIpc) is 3.75. The van der Waals surface area contributed by atoms with Crippen molar-refractivity contribution in [2.24, 2.45) is 0 Å². The maximum atomic E-state index is 14.9. The van der Waals surface area contributed by atoms with Gasteiger partial charge in [-0.1, -0.05) is 12.1 Å². The van der Waals surface area contributed by atoms with Crippen molar-refractivity contribution >= 4 is 29.0 Å². The highest BCUT2D eigenvalue weighted by Crippen LogP contribution is 2.35. The van der Waals surface area contributed by atoms with Crippen LogP contribution in [0.15, 0.2) is 54.0 Å². The minimum absolute atomic E-state index is 0.00332. The smallest absolute Gasteiger partial charge is 0.293 e. The fourth-order valence-corrected chi connectivity index (χ4v) is 7.92. The minimum Gasteiger partial charge on any atom is -0.490 e. The Kier molecular flexibility index (Phi) is 13.7. The van der Waals surface area contributed by atoms with Crippen molar-refractivity contribution in [2.45, 2.75) is 31.9 Å². The van der Waals surface area contributed by atoms with Gasteiger partial charge in [-0.2, -0.15) is 5.10 Å². The van der Waals surface area contributed by atoms with Crippen molar-refractivity contribution in [1.29, 1.82) is 0 Å². The molecule has 0 radical (unpaired) electrons. The summed E-state index contributed by atoms with van der Waals surface area (Å²) in [5.74, 6) is -0.584. The molecule has 3 aliphatic heterocycles. The summed E-state index contributed by atoms with van der Waals surface area (Å²) < 4.78 is 41.9. The van der Waals surface area contributed by atoms with E-state index in [1.54, 1.807) is 6.08 Å². The van der Waals surface area contributed by atoms with Gasteiger partial charge in [0.05, 0.1) is 24.7 Å². The van der Waals surface area contributed by atoms with E-state index < -0.39 is 17.2 Å². The van der Waals surface area contributed by atoms with Gasteiger partial charge in [0.2, 0.25) is 0 Å². The van der Waals surface area contributed by atoms with Gasteiger partial charge in [-0.3, -0.25) is 19.4 Å². The number of imide groups is 1. The summed E-state index contributed by atoms with van der Waals surface area (Å²) in [6.07, 6.45) is 6.03. The van der Waals surface area contributed by atoms with Crippen LogP contribution in [0, 0.1) is 11.6 Å². The molecule has 0 saturated carbocycles. The maximum absolute atomic E-state index is 14.9. The van der Waals surface area contributed by atoms with Gasteiger partial charge in [0.25, 0.3) is 11.1 Å². The van der Waals surface area contributed by atoms with Crippen LogP contribution in [-0.4, -0.2) is 154 Å². The lowest BCUT2D eigenvalue weighted by molar-refractivity contribution is -0.122. The SMILES string of the molecule is CCOc1cc(/C=C2\SC(=O)N(CCCN3CCN(CC(O)(Cn4cncn4)c4ccc(F)cc4F)CC3)C2=O)ccc1OCCCN1CCN(C)CC1. The molecule has 0 spiro atoms. The van der Waals surface area contributed by atoms with Crippen LogP contribution in [0.4, 0.5) is 13.6 Å². The van der Waals surface area contributed by atoms with Gasteiger partial charge in [-0.15, -0.1) is 0 Å². The molecule has 2 amide bonds. The zero-order valence-corrected chi connectivity index (χ0v) is 31.9. The molecule has 3 aromatic rings. The first-order valence-electron chi connectivity index (χ1n) is 18.6. The Bertz CT molecular complexity index is 1750. The number of hydrogen-bond donors (Lipinski definition) is 1. The van der Waals surface area contributed by atoms with Gasteiger partial charge >= 0.3 is 0 Å². The fourth-order valence-electron chi connectivity index (χ4n) is 7.05. The van der Waals surface area contributed by atoms with Crippen molar-refractivity contribution in [1.82, 2.24) is 39.3 Å². The molecule has 3 fully saturated rings. The summed E-state index contributed by atoms with van der Waals surface area (Å²) in [4.78, 5) is 40.9. The van der Waals surface area contributed by atoms with Crippen molar-refractivity contribution in [3.8, 4) is 11.5 Å². The Morgan fingerprint density at radius 1 is 0.870 bits per heavy atom. The zero-order chi connectivity index (χ0) is 38.1. The second-order valence-corrected chi connectivity index (χ2v) is 15.0. The summed E-state index contributed by atoms with van der Waals surface area (Å²) >= 11 is 0.940. The lowest BCUT2D eigenvalue weighted by Gasteiger charge is -2.39. The van der Waals surface area contributed by atoms with E-state index in [1.165, 1.54) is 28.3 Å². The highest BCUT2D eigenvalue weighted by atomic mass is 32.2. The first-order valence-corrected chi connectivity index (χ1v) is 19.4. The number of thioether (sulfide) groups is 1. The van der Waals surface area contributed by atoms with Gasteiger partial charge in [-0.05, 0) is 75.0 Å². The van der Waals surface area contributed by atoms with Gasteiger partial charge in [-0.25, -0.2) is 18.4 Å². The third-order valence-corrected chi connectivity index (χ3v) is 10.9. The Balaban J connectivity index is 0.967.